The lowest BCUT2D eigenvalue weighted by molar-refractivity contribution is -0.169. The van der Waals surface area contributed by atoms with Crippen LogP contribution < -0.4 is 10.2 Å². The lowest BCUT2D eigenvalue weighted by atomic mass is 10.0. The van der Waals surface area contributed by atoms with Crippen LogP contribution in [0.1, 0.15) is 49.5 Å². The molecule has 0 bridgehead atoms. The standard InChI is InChI=1S/C18H27N3O3/c1-2-3-4-8-20-17(22)16-14-15(5-9-19-16)21-10-6-18(7-11-21)23-12-13-24-18/h5,9,14H,2-4,6-8,10-13H2,1H3,(H,20,22). The molecule has 1 aromatic rings. The summed E-state index contributed by atoms with van der Waals surface area (Å²) in [6, 6.07) is 3.84. The first kappa shape index (κ1) is 17.2. The molecule has 0 unspecified atom stereocenters. The van der Waals surface area contributed by atoms with Gasteiger partial charge in [-0.3, -0.25) is 9.78 Å². The summed E-state index contributed by atoms with van der Waals surface area (Å²) in [5.41, 5.74) is 1.52. The molecule has 3 rings (SSSR count). The van der Waals surface area contributed by atoms with Gasteiger partial charge in [-0.05, 0) is 18.6 Å². The third-order valence-electron chi connectivity index (χ3n) is 4.75. The molecule has 1 amide bonds. The highest BCUT2D eigenvalue weighted by atomic mass is 16.7. The number of ether oxygens (including phenoxy) is 2. The minimum absolute atomic E-state index is 0.0936. The highest BCUT2D eigenvalue weighted by Crippen LogP contribution is 2.33. The van der Waals surface area contributed by atoms with E-state index in [0.29, 0.717) is 25.5 Å². The number of anilines is 1. The molecule has 6 nitrogen and oxygen atoms in total. The Labute approximate surface area is 143 Å². The summed E-state index contributed by atoms with van der Waals surface area (Å²) >= 11 is 0. The fourth-order valence-corrected chi connectivity index (χ4v) is 3.30. The second-order valence-electron chi connectivity index (χ2n) is 6.46. The van der Waals surface area contributed by atoms with Crippen LogP contribution in [0.25, 0.3) is 0 Å². The summed E-state index contributed by atoms with van der Waals surface area (Å²) in [6.45, 7) is 5.97. The lowest BCUT2D eigenvalue weighted by Crippen LogP contribution is -2.45. The van der Waals surface area contributed by atoms with Gasteiger partial charge in [0.25, 0.3) is 5.91 Å². The summed E-state index contributed by atoms with van der Waals surface area (Å²) in [5, 5.41) is 2.94. The van der Waals surface area contributed by atoms with Crippen molar-refractivity contribution in [1.29, 1.82) is 0 Å². The van der Waals surface area contributed by atoms with E-state index in [1.807, 2.05) is 12.1 Å². The molecule has 24 heavy (non-hydrogen) atoms. The third-order valence-corrected chi connectivity index (χ3v) is 4.75. The van der Waals surface area contributed by atoms with Crippen LogP contribution in [0, 0.1) is 0 Å². The number of rotatable bonds is 6. The first-order valence-corrected chi connectivity index (χ1v) is 8.99. The monoisotopic (exact) mass is 333 g/mol. The van der Waals surface area contributed by atoms with E-state index in [4.69, 9.17) is 9.47 Å². The van der Waals surface area contributed by atoms with E-state index in [9.17, 15) is 4.79 Å². The lowest BCUT2D eigenvalue weighted by Gasteiger charge is -2.38. The van der Waals surface area contributed by atoms with Crippen LogP contribution in [0.15, 0.2) is 18.3 Å². The first-order chi connectivity index (χ1) is 11.7. The van der Waals surface area contributed by atoms with Crippen molar-refractivity contribution in [2.75, 3.05) is 37.7 Å². The molecule has 2 saturated heterocycles. The van der Waals surface area contributed by atoms with Crippen LogP contribution in [-0.4, -0.2) is 49.5 Å². The van der Waals surface area contributed by atoms with Crippen molar-refractivity contribution in [3.63, 3.8) is 0 Å². The van der Waals surface area contributed by atoms with E-state index >= 15 is 0 Å². The van der Waals surface area contributed by atoms with Gasteiger partial charge in [0, 0.05) is 44.4 Å². The zero-order chi connectivity index (χ0) is 16.8. The molecule has 1 N–H and O–H groups in total. The molecule has 0 radical (unpaired) electrons. The average molecular weight is 333 g/mol. The van der Waals surface area contributed by atoms with Crippen LogP contribution in [0.5, 0.6) is 0 Å². The number of nitrogens with zero attached hydrogens (tertiary/aromatic N) is 2. The van der Waals surface area contributed by atoms with Gasteiger partial charge in [0.1, 0.15) is 5.69 Å². The van der Waals surface area contributed by atoms with Gasteiger partial charge in [-0.15, -0.1) is 0 Å². The molecular weight excluding hydrogens is 306 g/mol. The molecule has 3 heterocycles. The van der Waals surface area contributed by atoms with E-state index in [-0.39, 0.29) is 11.7 Å². The zero-order valence-electron chi connectivity index (χ0n) is 14.4. The van der Waals surface area contributed by atoms with Crippen molar-refractivity contribution >= 4 is 11.6 Å². The number of hydrogen-bond donors (Lipinski definition) is 1. The molecule has 2 aliphatic heterocycles. The Bertz CT molecular complexity index is 548. The third kappa shape index (κ3) is 4.05. The minimum Gasteiger partial charge on any atom is -0.371 e. The van der Waals surface area contributed by atoms with Crippen LogP contribution in [0.2, 0.25) is 0 Å². The molecule has 0 saturated carbocycles. The van der Waals surface area contributed by atoms with Crippen molar-refractivity contribution in [2.45, 2.75) is 44.8 Å². The molecule has 0 aliphatic carbocycles. The van der Waals surface area contributed by atoms with Gasteiger partial charge in [-0.2, -0.15) is 0 Å². The van der Waals surface area contributed by atoms with Gasteiger partial charge < -0.3 is 19.7 Å². The number of hydrogen-bond acceptors (Lipinski definition) is 5. The fourth-order valence-electron chi connectivity index (χ4n) is 3.30. The quantitative estimate of drug-likeness (QED) is 0.810. The second kappa shape index (κ2) is 7.94. The second-order valence-corrected chi connectivity index (χ2v) is 6.46. The molecule has 1 spiro atoms. The Kier molecular flexibility index (Phi) is 5.68. The van der Waals surface area contributed by atoms with Crippen molar-refractivity contribution < 1.29 is 14.3 Å². The van der Waals surface area contributed by atoms with Crippen molar-refractivity contribution in [3.05, 3.63) is 24.0 Å². The molecule has 6 heteroatoms. The van der Waals surface area contributed by atoms with Gasteiger partial charge in [0.2, 0.25) is 0 Å². The van der Waals surface area contributed by atoms with Crippen LogP contribution in [-0.2, 0) is 9.47 Å². The normalized spacial score (nSPS) is 19.6. The largest absolute Gasteiger partial charge is 0.371 e. The van der Waals surface area contributed by atoms with Crippen LogP contribution >= 0.6 is 0 Å². The molecule has 0 aromatic carbocycles. The van der Waals surface area contributed by atoms with E-state index in [1.54, 1.807) is 6.20 Å². The molecule has 2 fully saturated rings. The smallest absolute Gasteiger partial charge is 0.269 e. The number of pyridine rings is 1. The Morgan fingerprint density at radius 1 is 1.29 bits per heavy atom. The Balaban J connectivity index is 1.56. The van der Waals surface area contributed by atoms with E-state index in [2.05, 4.69) is 22.1 Å². The van der Waals surface area contributed by atoms with Crippen LogP contribution in [0.3, 0.4) is 0 Å². The van der Waals surface area contributed by atoms with Crippen LogP contribution in [0.4, 0.5) is 5.69 Å². The number of amides is 1. The van der Waals surface area contributed by atoms with Gasteiger partial charge in [-0.1, -0.05) is 19.8 Å². The minimum atomic E-state index is -0.372. The van der Waals surface area contributed by atoms with Crippen molar-refractivity contribution in [2.24, 2.45) is 0 Å². The van der Waals surface area contributed by atoms with E-state index < -0.39 is 0 Å². The summed E-state index contributed by atoms with van der Waals surface area (Å²) in [7, 11) is 0. The molecule has 0 atom stereocenters. The topological polar surface area (TPSA) is 63.7 Å². The van der Waals surface area contributed by atoms with Gasteiger partial charge in [0.05, 0.1) is 13.2 Å². The number of piperidine rings is 1. The van der Waals surface area contributed by atoms with Crippen molar-refractivity contribution in [3.8, 4) is 0 Å². The maximum atomic E-state index is 12.2. The number of carbonyl (C=O) groups is 1. The van der Waals surface area contributed by atoms with E-state index in [1.165, 1.54) is 0 Å². The predicted molar refractivity (Wildman–Crippen MR) is 92.2 cm³/mol. The summed E-state index contributed by atoms with van der Waals surface area (Å²) in [4.78, 5) is 18.7. The summed E-state index contributed by atoms with van der Waals surface area (Å²) in [5.74, 6) is -0.466. The SMILES string of the molecule is CCCCCNC(=O)c1cc(N2CCC3(CC2)OCCO3)ccn1. The number of nitrogens with one attached hydrogen (secondary N) is 1. The first-order valence-electron chi connectivity index (χ1n) is 8.99. The predicted octanol–water partition coefficient (Wildman–Crippen LogP) is 2.34. The Hall–Kier alpha value is -1.66. The van der Waals surface area contributed by atoms with Crippen molar-refractivity contribution in [1.82, 2.24) is 10.3 Å². The Morgan fingerprint density at radius 2 is 2.04 bits per heavy atom. The zero-order valence-corrected chi connectivity index (χ0v) is 14.4. The average Bonchev–Trinajstić information content (AvgIpc) is 3.07. The molecule has 2 aliphatic rings. The number of aromatic nitrogens is 1. The molecule has 132 valence electrons. The van der Waals surface area contributed by atoms with Gasteiger partial charge >= 0.3 is 0 Å². The fraction of sp³-hybridized carbons (Fsp3) is 0.667. The maximum Gasteiger partial charge on any atom is 0.269 e. The number of carbonyl (C=O) groups excluding carboxylic acids is 1. The van der Waals surface area contributed by atoms with Gasteiger partial charge in [0.15, 0.2) is 5.79 Å². The van der Waals surface area contributed by atoms with Gasteiger partial charge in [-0.25, -0.2) is 0 Å². The summed E-state index contributed by atoms with van der Waals surface area (Å²) in [6.07, 6.45) is 6.71. The molecule has 1 aromatic heterocycles. The highest BCUT2D eigenvalue weighted by molar-refractivity contribution is 5.93. The molecular formula is C18H27N3O3. The number of unbranched alkanes of at least 4 members (excludes halogenated alkanes) is 2. The maximum absolute atomic E-state index is 12.2. The highest BCUT2D eigenvalue weighted by Gasteiger charge is 2.39. The Morgan fingerprint density at radius 3 is 2.75 bits per heavy atom. The van der Waals surface area contributed by atoms with E-state index in [0.717, 1.165) is 50.9 Å². The summed E-state index contributed by atoms with van der Waals surface area (Å²) < 4.78 is 11.5.